The number of carbonyl (C=O) groups excluding carboxylic acids is 2. The van der Waals surface area contributed by atoms with Gasteiger partial charge in [-0.3, -0.25) is 14.4 Å². The Kier molecular flexibility index (Phi) is 7.01. The first-order chi connectivity index (χ1) is 17.0. The fourth-order valence-electron chi connectivity index (χ4n) is 4.32. The van der Waals surface area contributed by atoms with Crippen molar-refractivity contribution in [1.29, 1.82) is 0 Å². The van der Waals surface area contributed by atoms with E-state index in [2.05, 4.69) is 36.1 Å². The van der Waals surface area contributed by atoms with Crippen LogP contribution < -0.4 is 5.32 Å². The molecule has 0 fully saturated rings. The van der Waals surface area contributed by atoms with E-state index in [0.717, 1.165) is 23.0 Å². The summed E-state index contributed by atoms with van der Waals surface area (Å²) in [6, 6.07) is 12.1. The molecule has 0 bridgehead atoms. The second kappa shape index (κ2) is 10.0. The number of para-hydroxylation sites is 2. The fourth-order valence-corrected chi connectivity index (χ4v) is 4.32. The van der Waals surface area contributed by atoms with Gasteiger partial charge in [0, 0.05) is 31.4 Å². The van der Waals surface area contributed by atoms with Crippen LogP contribution in [0, 0.1) is 5.41 Å². The van der Waals surface area contributed by atoms with Crippen LogP contribution >= 0.6 is 0 Å². The van der Waals surface area contributed by atoms with Gasteiger partial charge in [-0.05, 0) is 47.7 Å². The van der Waals surface area contributed by atoms with Crippen molar-refractivity contribution in [3.8, 4) is 0 Å². The van der Waals surface area contributed by atoms with Crippen LogP contribution in [0.3, 0.4) is 0 Å². The number of fused-ring (bicyclic) bond motifs is 2. The molecule has 36 heavy (non-hydrogen) atoms. The van der Waals surface area contributed by atoms with Crippen molar-refractivity contribution in [3.05, 3.63) is 59.4 Å². The summed E-state index contributed by atoms with van der Waals surface area (Å²) < 4.78 is 0. The molecule has 2 aromatic carbocycles. The van der Waals surface area contributed by atoms with Crippen molar-refractivity contribution < 1.29 is 19.5 Å². The molecule has 3 N–H and O–H groups in total. The number of aliphatic carboxylic acids is 1. The number of hydrogen-bond acceptors (Lipinski definition) is 5. The van der Waals surface area contributed by atoms with E-state index in [-0.39, 0.29) is 23.7 Å². The van der Waals surface area contributed by atoms with Gasteiger partial charge in [-0.1, -0.05) is 32.9 Å². The van der Waals surface area contributed by atoms with Crippen molar-refractivity contribution in [3.63, 3.8) is 0 Å². The molecule has 1 atom stereocenters. The molecule has 0 aliphatic carbocycles. The highest BCUT2D eigenvalue weighted by Gasteiger charge is 2.32. The Labute approximate surface area is 210 Å². The number of benzene rings is 2. The summed E-state index contributed by atoms with van der Waals surface area (Å²) in [4.78, 5) is 48.9. The van der Waals surface area contributed by atoms with Gasteiger partial charge < -0.3 is 25.2 Å². The molecule has 2 heterocycles. The van der Waals surface area contributed by atoms with Crippen LogP contribution in [0.15, 0.2) is 42.5 Å². The van der Waals surface area contributed by atoms with Gasteiger partial charge >= 0.3 is 5.97 Å². The highest BCUT2D eigenvalue weighted by atomic mass is 16.4. The molecule has 1 aromatic heterocycles. The van der Waals surface area contributed by atoms with Gasteiger partial charge in [-0.15, -0.1) is 0 Å². The summed E-state index contributed by atoms with van der Waals surface area (Å²) in [5.74, 6) is -0.761. The summed E-state index contributed by atoms with van der Waals surface area (Å²) in [6.07, 6.45) is 0.456. The minimum Gasteiger partial charge on any atom is -0.481 e. The van der Waals surface area contributed by atoms with Crippen LogP contribution in [0.1, 0.15) is 55.4 Å². The van der Waals surface area contributed by atoms with Crippen molar-refractivity contribution in [2.24, 2.45) is 5.41 Å². The van der Waals surface area contributed by atoms with E-state index in [0.29, 0.717) is 36.7 Å². The van der Waals surface area contributed by atoms with Gasteiger partial charge in [-0.25, -0.2) is 4.98 Å². The predicted molar refractivity (Wildman–Crippen MR) is 137 cm³/mol. The number of aromatic nitrogens is 2. The summed E-state index contributed by atoms with van der Waals surface area (Å²) in [5.41, 5.74) is 3.73. The molecule has 3 aromatic rings. The standard InChI is InChI=1S/C27H33N5O4/c1-27(2,3)11-12-32-15-18-13-17(9-10-19(18)28-22(26(32)36)14-24(33)34)25(35)31(4)16-23-29-20-7-5-6-8-21(20)30-23/h5-10,13,22,28H,11-12,14-16H2,1-4H3,(H,29,30)(H,33,34). The van der Waals surface area contributed by atoms with Gasteiger partial charge in [0.25, 0.3) is 5.91 Å². The van der Waals surface area contributed by atoms with Gasteiger partial charge in [0.2, 0.25) is 5.91 Å². The monoisotopic (exact) mass is 491 g/mol. The number of H-pyrrole nitrogens is 1. The molecule has 4 rings (SSSR count). The topological polar surface area (TPSA) is 119 Å². The number of hydrogen-bond donors (Lipinski definition) is 3. The Hall–Kier alpha value is -3.88. The van der Waals surface area contributed by atoms with Crippen molar-refractivity contribution in [2.75, 3.05) is 18.9 Å². The number of carboxylic acid groups (broad SMARTS) is 1. The van der Waals surface area contributed by atoms with E-state index in [1.807, 2.05) is 24.3 Å². The summed E-state index contributed by atoms with van der Waals surface area (Å²) >= 11 is 0. The number of nitrogens with zero attached hydrogens (tertiary/aromatic N) is 3. The molecule has 2 amide bonds. The molecule has 0 radical (unpaired) electrons. The quantitative estimate of drug-likeness (QED) is 0.462. The smallest absolute Gasteiger partial charge is 0.305 e. The summed E-state index contributed by atoms with van der Waals surface area (Å²) in [5, 5.41) is 12.5. The second-order valence-electron chi connectivity index (χ2n) is 10.6. The van der Waals surface area contributed by atoms with E-state index in [4.69, 9.17) is 0 Å². The Morgan fingerprint density at radius 1 is 1.19 bits per heavy atom. The number of nitrogens with one attached hydrogen (secondary N) is 2. The number of aromatic amines is 1. The van der Waals surface area contributed by atoms with Crippen molar-refractivity contribution in [1.82, 2.24) is 19.8 Å². The maximum atomic E-state index is 13.3. The molecular formula is C27H33N5O4. The number of carboxylic acids is 1. The lowest BCUT2D eigenvalue weighted by Crippen LogP contribution is -2.42. The minimum absolute atomic E-state index is 0.0162. The Morgan fingerprint density at radius 2 is 1.94 bits per heavy atom. The molecule has 1 unspecified atom stereocenters. The third-order valence-corrected chi connectivity index (χ3v) is 6.34. The largest absolute Gasteiger partial charge is 0.481 e. The average molecular weight is 492 g/mol. The summed E-state index contributed by atoms with van der Waals surface area (Å²) in [7, 11) is 1.72. The zero-order valence-electron chi connectivity index (χ0n) is 21.2. The molecule has 190 valence electrons. The number of amides is 2. The first kappa shape index (κ1) is 25.2. The van der Waals surface area contributed by atoms with Crippen molar-refractivity contribution >= 4 is 34.5 Å². The zero-order valence-corrected chi connectivity index (χ0v) is 21.2. The highest BCUT2D eigenvalue weighted by Crippen LogP contribution is 2.28. The Balaban J connectivity index is 1.56. The fraction of sp³-hybridized carbons (Fsp3) is 0.407. The molecule has 9 nitrogen and oxygen atoms in total. The lowest BCUT2D eigenvalue weighted by molar-refractivity contribution is -0.141. The van der Waals surface area contributed by atoms with Gasteiger partial charge in [0.15, 0.2) is 0 Å². The third kappa shape index (κ3) is 5.84. The molecule has 0 saturated heterocycles. The van der Waals surface area contributed by atoms with E-state index >= 15 is 0 Å². The molecular weight excluding hydrogens is 458 g/mol. The van der Waals surface area contributed by atoms with Crippen LogP contribution in [-0.2, 0) is 22.7 Å². The predicted octanol–water partition coefficient (Wildman–Crippen LogP) is 3.87. The van der Waals surface area contributed by atoms with Crippen LogP contribution in [0.25, 0.3) is 11.0 Å². The lowest BCUT2D eigenvalue weighted by Gasteiger charge is -2.27. The SMILES string of the molecule is CN(Cc1nc2ccccc2[nH]1)C(=O)c1ccc2c(c1)CN(CCC(C)(C)C)C(=O)C(CC(=O)O)N2. The van der Waals surface area contributed by atoms with Crippen molar-refractivity contribution in [2.45, 2.75) is 52.7 Å². The van der Waals surface area contributed by atoms with E-state index in [1.165, 1.54) is 0 Å². The maximum absolute atomic E-state index is 13.3. The van der Waals surface area contributed by atoms with E-state index < -0.39 is 12.0 Å². The Morgan fingerprint density at radius 3 is 2.64 bits per heavy atom. The minimum atomic E-state index is -1.04. The first-order valence-corrected chi connectivity index (χ1v) is 12.1. The normalized spacial score (nSPS) is 15.8. The number of anilines is 1. The van der Waals surface area contributed by atoms with Crippen LogP contribution in [0.2, 0.25) is 0 Å². The first-order valence-electron chi connectivity index (χ1n) is 12.1. The zero-order chi connectivity index (χ0) is 26.0. The summed E-state index contributed by atoms with van der Waals surface area (Å²) in [6.45, 7) is 7.44. The van der Waals surface area contributed by atoms with Gasteiger partial charge in [0.1, 0.15) is 11.9 Å². The number of rotatable bonds is 7. The van der Waals surface area contributed by atoms with Crippen LogP contribution in [0.5, 0.6) is 0 Å². The second-order valence-corrected chi connectivity index (χ2v) is 10.6. The van der Waals surface area contributed by atoms with Gasteiger partial charge in [0.05, 0.1) is 24.0 Å². The third-order valence-electron chi connectivity index (χ3n) is 6.34. The Bertz CT molecular complexity index is 1260. The molecule has 1 aliphatic rings. The number of carbonyl (C=O) groups is 3. The van der Waals surface area contributed by atoms with Gasteiger partial charge in [-0.2, -0.15) is 0 Å². The van der Waals surface area contributed by atoms with Crippen LogP contribution in [0.4, 0.5) is 5.69 Å². The molecule has 9 heteroatoms. The molecule has 0 spiro atoms. The average Bonchev–Trinajstić information content (AvgIpc) is 3.16. The van der Waals surface area contributed by atoms with Crippen LogP contribution in [-0.4, -0.2) is 62.3 Å². The number of imidazole rings is 1. The molecule has 1 aliphatic heterocycles. The molecule has 0 saturated carbocycles. The van der Waals surface area contributed by atoms with E-state index in [9.17, 15) is 19.5 Å². The highest BCUT2D eigenvalue weighted by molar-refractivity contribution is 5.95. The maximum Gasteiger partial charge on any atom is 0.305 e. The van der Waals surface area contributed by atoms with E-state index in [1.54, 1.807) is 35.0 Å². The lowest BCUT2D eigenvalue weighted by atomic mass is 9.92.